The highest BCUT2D eigenvalue weighted by atomic mass is 35.5. The summed E-state index contributed by atoms with van der Waals surface area (Å²) in [5.74, 6) is -0.728. The van der Waals surface area contributed by atoms with E-state index in [1.54, 1.807) is 36.4 Å². The Morgan fingerprint density at radius 1 is 1.20 bits per heavy atom. The van der Waals surface area contributed by atoms with Crippen molar-refractivity contribution in [2.24, 2.45) is 0 Å². The maximum atomic E-state index is 13.3. The predicted octanol–water partition coefficient (Wildman–Crippen LogP) is 4.43. The summed E-state index contributed by atoms with van der Waals surface area (Å²) in [6, 6.07) is 12.5. The molecule has 0 aliphatic rings. The molecule has 0 saturated carbocycles. The van der Waals surface area contributed by atoms with Gasteiger partial charge in [0.25, 0.3) is 5.91 Å². The van der Waals surface area contributed by atoms with Crippen LogP contribution in [0.5, 0.6) is 0 Å². The molecule has 152 valence electrons. The molecule has 1 amide bonds. The number of aliphatic hydroxyl groups excluding tert-OH is 2. The maximum absolute atomic E-state index is 13.3. The van der Waals surface area contributed by atoms with Gasteiger partial charge in [-0.05, 0) is 30.3 Å². The van der Waals surface area contributed by atoms with Gasteiger partial charge in [-0.3, -0.25) is 15.1 Å². The lowest BCUT2D eigenvalue weighted by molar-refractivity contribution is 0.0954. The molecule has 3 N–H and O–H groups in total. The molecule has 0 bridgehead atoms. The third kappa shape index (κ3) is 4.17. The van der Waals surface area contributed by atoms with Gasteiger partial charge in [0.15, 0.2) is 5.13 Å². The SMILES string of the molecule is O=C(Nc1nc2cc(F)ccc2s1)c1ccc(-c2ncc([C@H](O)CO)cc2Cl)cc1. The Kier molecular flexibility index (Phi) is 5.74. The number of amides is 1. The minimum Gasteiger partial charge on any atom is -0.393 e. The molecule has 0 radical (unpaired) electrons. The Morgan fingerprint density at radius 2 is 1.97 bits per heavy atom. The van der Waals surface area contributed by atoms with Crippen LogP contribution in [0.2, 0.25) is 5.02 Å². The predicted molar refractivity (Wildman–Crippen MR) is 114 cm³/mol. The summed E-state index contributed by atoms with van der Waals surface area (Å²) in [6.45, 7) is -0.426. The minimum absolute atomic E-state index is 0.318. The molecule has 9 heteroatoms. The van der Waals surface area contributed by atoms with Crippen LogP contribution in [0.4, 0.5) is 9.52 Å². The topological polar surface area (TPSA) is 95.3 Å². The average Bonchev–Trinajstić information content (AvgIpc) is 3.14. The summed E-state index contributed by atoms with van der Waals surface area (Å²) in [6.07, 6.45) is 0.396. The number of hydrogen-bond donors (Lipinski definition) is 3. The van der Waals surface area contributed by atoms with Gasteiger partial charge in [0.05, 0.1) is 27.5 Å². The zero-order valence-corrected chi connectivity index (χ0v) is 16.9. The number of nitrogens with zero attached hydrogens (tertiary/aromatic N) is 2. The van der Waals surface area contributed by atoms with Crippen LogP contribution < -0.4 is 5.32 Å². The zero-order chi connectivity index (χ0) is 21.3. The van der Waals surface area contributed by atoms with Crippen LogP contribution in [-0.2, 0) is 0 Å². The van der Waals surface area contributed by atoms with Crippen molar-refractivity contribution in [2.45, 2.75) is 6.10 Å². The van der Waals surface area contributed by atoms with Gasteiger partial charge in [-0.2, -0.15) is 0 Å². The molecular formula is C21H15ClFN3O3S. The normalized spacial score (nSPS) is 12.1. The van der Waals surface area contributed by atoms with Gasteiger partial charge in [-0.25, -0.2) is 9.37 Å². The molecule has 0 unspecified atom stereocenters. The number of carbonyl (C=O) groups excluding carboxylic acids is 1. The Labute approximate surface area is 179 Å². The van der Waals surface area contributed by atoms with Crippen molar-refractivity contribution in [3.05, 3.63) is 76.7 Å². The van der Waals surface area contributed by atoms with Gasteiger partial charge >= 0.3 is 0 Å². The van der Waals surface area contributed by atoms with E-state index < -0.39 is 12.7 Å². The molecule has 6 nitrogen and oxygen atoms in total. The van der Waals surface area contributed by atoms with E-state index in [9.17, 15) is 14.3 Å². The number of aromatic nitrogens is 2. The quantitative estimate of drug-likeness (QED) is 0.424. The minimum atomic E-state index is -1.05. The highest BCUT2D eigenvalue weighted by Gasteiger charge is 2.14. The number of aliphatic hydroxyl groups is 2. The fraction of sp³-hybridized carbons (Fsp3) is 0.0952. The summed E-state index contributed by atoms with van der Waals surface area (Å²) in [7, 11) is 0. The number of benzene rings is 2. The largest absolute Gasteiger partial charge is 0.393 e. The average molecular weight is 444 g/mol. The van der Waals surface area contributed by atoms with E-state index in [0.717, 1.165) is 4.70 Å². The number of carbonyl (C=O) groups is 1. The van der Waals surface area contributed by atoms with Crippen molar-refractivity contribution in [1.29, 1.82) is 0 Å². The first-order valence-electron chi connectivity index (χ1n) is 8.87. The first-order valence-corrected chi connectivity index (χ1v) is 10.1. The van der Waals surface area contributed by atoms with Crippen LogP contribution in [0.25, 0.3) is 21.5 Å². The molecule has 4 rings (SSSR count). The smallest absolute Gasteiger partial charge is 0.257 e. The van der Waals surface area contributed by atoms with Gasteiger partial charge in [0.2, 0.25) is 0 Å². The molecule has 30 heavy (non-hydrogen) atoms. The molecule has 1 atom stereocenters. The molecule has 0 saturated heterocycles. The maximum Gasteiger partial charge on any atom is 0.257 e. The molecule has 0 aliphatic heterocycles. The van der Waals surface area contributed by atoms with Crippen LogP contribution in [0.3, 0.4) is 0 Å². The van der Waals surface area contributed by atoms with Crippen LogP contribution in [-0.4, -0.2) is 32.7 Å². The summed E-state index contributed by atoms with van der Waals surface area (Å²) in [4.78, 5) is 21.0. The zero-order valence-electron chi connectivity index (χ0n) is 15.3. The van der Waals surface area contributed by atoms with Gasteiger partial charge in [-0.15, -0.1) is 0 Å². The third-order valence-corrected chi connectivity index (χ3v) is 5.65. The van der Waals surface area contributed by atoms with Crippen molar-refractivity contribution in [1.82, 2.24) is 9.97 Å². The lowest BCUT2D eigenvalue weighted by Gasteiger charge is -2.10. The van der Waals surface area contributed by atoms with Crippen molar-refractivity contribution in [2.75, 3.05) is 11.9 Å². The molecule has 4 aromatic rings. The summed E-state index contributed by atoms with van der Waals surface area (Å²) in [5, 5.41) is 22.1. The number of halogens is 2. The van der Waals surface area contributed by atoms with Crippen LogP contribution in [0.15, 0.2) is 54.7 Å². The highest BCUT2D eigenvalue weighted by Crippen LogP contribution is 2.29. The van der Waals surface area contributed by atoms with Crippen molar-refractivity contribution >= 4 is 44.2 Å². The first kappa shape index (κ1) is 20.4. The van der Waals surface area contributed by atoms with Gasteiger partial charge in [0.1, 0.15) is 11.9 Å². The van der Waals surface area contributed by atoms with Crippen molar-refractivity contribution < 1.29 is 19.4 Å². The molecule has 0 aliphatic carbocycles. The molecule has 2 aromatic carbocycles. The van der Waals surface area contributed by atoms with Gasteiger partial charge in [-0.1, -0.05) is 35.1 Å². The van der Waals surface area contributed by atoms with Crippen molar-refractivity contribution in [3.8, 4) is 11.3 Å². The standard InChI is InChI=1S/C21H15ClFN3O3S/c22-15-7-13(17(28)10-27)9-24-19(15)11-1-3-12(4-2-11)20(29)26-21-25-16-8-14(23)5-6-18(16)30-21/h1-9,17,27-28H,10H2,(H,25,26,29)/t17-/m1/s1. The Morgan fingerprint density at radius 3 is 2.67 bits per heavy atom. The molecule has 0 spiro atoms. The molecule has 2 aromatic heterocycles. The third-order valence-electron chi connectivity index (χ3n) is 4.41. The molecular weight excluding hydrogens is 429 g/mol. The number of fused-ring (bicyclic) bond motifs is 1. The number of thiazole rings is 1. The highest BCUT2D eigenvalue weighted by molar-refractivity contribution is 7.22. The number of pyridine rings is 1. The summed E-state index contributed by atoms with van der Waals surface area (Å²) >= 11 is 7.52. The number of hydrogen-bond acceptors (Lipinski definition) is 6. The fourth-order valence-corrected chi connectivity index (χ4v) is 3.98. The molecule has 2 heterocycles. The second-order valence-corrected chi connectivity index (χ2v) is 7.90. The monoisotopic (exact) mass is 443 g/mol. The van der Waals surface area contributed by atoms with Crippen LogP contribution >= 0.6 is 22.9 Å². The Bertz CT molecular complexity index is 1230. The number of nitrogens with one attached hydrogen (secondary N) is 1. The summed E-state index contributed by atoms with van der Waals surface area (Å²) < 4.78 is 14.1. The Balaban J connectivity index is 1.52. The number of anilines is 1. The number of rotatable bonds is 5. The lowest BCUT2D eigenvalue weighted by Crippen LogP contribution is -2.11. The molecule has 0 fully saturated rings. The van der Waals surface area contributed by atoms with Gasteiger partial charge < -0.3 is 10.2 Å². The fourth-order valence-electron chi connectivity index (χ4n) is 2.86. The van der Waals surface area contributed by atoms with E-state index in [1.807, 2.05) is 0 Å². The van der Waals surface area contributed by atoms with Gasteiger partial charge in [0, 0.05) is 29.0 Å². The second-order valence-electron chi connectivity index (χ2n) is 6.46. The first-order chi connectivity index (χ1) is 14.4. The Hall–Kier alpha value is -2.91. The van der Waals surface area contributed by atoms with E-state index in [1.165, 1.54) is 29.7 Å². The van der Waals surface area contributed by atoms with E-state index in [0.29, 0.717) is 38.1 Å². The summed E-state index contributed by atoms with van der Waals surface area (Å²) in [5.41, 5.74) is 2.49. The van der Waals surface area contributed by atoms with E-state index in [2.05, 4.69) is 15.3 Å². The van der Waals surface area contributed by atoms with E-state index in [-0.39, 0.29) is 11.7 Å². The lowest BCUT2D eigenvalue weighted by atomic mass is 10.1. The van der Waals surface area contributed by atoms with E-state index in [4.69, 9.17) is 16.7 Å². The second kappa shape index (κ2) is 8.45. The van der Waals surface area contributed by atoms with Crippen LogP contribution in [0, 0.1) is 5.82 Å². The van der Waals surface area contributed by atoms with Crippen molar-refractivity contribution in [3.63, 3.8) is 0 Å². The van der Waals surface area contributed by atoms with E-state index >= 15 is 0 Å². The van der Waals surface area contributed by atoms with Crippen LogP contribution in [0.1, 0.15) is 22.0 Å².